The van der Waals surface area contributed by atoms with Gasteiger partial charge >= 0.3 is 0 Å². The normalized spacial score (nSPS) is 11.2. The van der Waals surface area contributed by atoms with Gasteiger partial charge in [0, 0.05) is 0 Å². The smallest absolute Gasteiger partial charge is 0.129 e. The van der Waals surface area contributed by atoms with E-state index in [0.717, 1.165) is 28.5 Å². The highest BCUT2D eigenvalue weighted by Gasteiger charge is 2.10. The Balaban J connectivity index is 2.22. The fraction of sp³-hybridized carbons (Fsp3) is 0.357. The van der Waals surface area contributed by atoms with Crippen molar-refractivity contribution in [3.8, 4) is 5.75 Å². The lowest BCUT2D eigenvalue weighted by Crippen LogP contribution is -2.05. The topological polar surface area (TPSA) is 72.0 Å². The van der Waals surface area contributed by atoms with Crippen molar-refractivity contribution in [2.45, 2.75) is 20.4 Å². The average molecular weight is 274 g/mol. The second kappa shape index (κ2) is 6.29. The number of benzene rings is 1. The quantitative estimate of drug-likeness (QED) is 0.852. The van der Waals surface area contributed by atoms with E-state index in [1.54, 1.807) is 11.8 Å². The van der Waals surface area contributed by atoms with E-state index in [1.807, 2.05) is 38.1 Å². The minimum absolute atomic E-state index is 0.0526. The van der Waals surface area contributed by atoms with Gasteiger partial charge in [-0.2, -0.15) is 10.2 Å². The van der Waals surface area contributed by atoms with Crippen LogP contribution in [-0.2, 0) is 6.54 Å². The van der Waals surface area contributed by atoms with Crippen molar-refractivity contribution in [2.24, 2.45) is 10.2 Å². The SMILES string of the molecule is COc1ccc(N=Nc2c(C)nn(CCO)c2C)cc1. The summed E-state index contributed by atoms with van der Waals surface area (Å²) in [5, 5.41) is 21.8. The van der Waals surface area contributed by atoms with Crippen LogP contribution in [0.15, 0.2) is 34.5 Å². The van der Waals surface area contributed by atoms with E-state index >= 15 is 0 Å². The molecule has 106 valence electrons. The zero-order valence-electron chi connectivity index (χ0n) is 11.9. The van der Waals surface area contributed by atoms with Crippen LogP contribution in [0.25, 0.3) is 0 Å². The van der Waals surface area contributed by atoms with E-state index in [4.69, 9.17) is 9.84 Å². The third kappa shape index (κ3) is 3.03. The molecule has 0 spiro atoms. The molecule has 0 fully saturated rings. The fourth-order valence-electron chi connectivity index (χ4n) is 1.90. The van der Waals surface area contributed by atoms with Crippen LogP contribution < -0.4 is 4.74 Å². The molecule has 0 aliphatic carbocycles. The molecule has 0 saturated heterocycles. The molecule has 0 bridgehead atoms. The zero-order valence-corrected chi connectivity index (χ0v) is 11.9. The minimum Gasteiger partial charge on any atom is -0.497 e. The Bertz CT molecular complexity index is 602. The van der Waals surface area contributed by atoms with Gasteiger partial charge in [-0.1, -0.05) is 0 Å². The van der Waals surface area contributed by atoms with Gasteiger partial charge in [-0.05, 0) is 38.1 Å². The summed E-state index contributed by atoms with van der Waals surface area (Å²) in [6, 6.07) is 7.35. The van der Waals surface area contributed by atoms with E-state index in [9.17, 15) is 0 Å². The molecule has 1 aromatic heterocycles. The van der Waals surface area contributed by atoms with Crippen molar-refractivity contribution < 1.29 is 9.84 Å². The van der Waals surface area contributed by atoms with Crippen LogP contribution in [0.3, 0.4) is 0 Å². The summed E-state index contributed by atoms with van der Waals surface area (Å²) in [7, 11) is 1.62. The van der Waals surface area contributed by atoms with E-state index in [1.165, 1.54) is 0 Å². The van der Waals surface area contributed by atoms with Crippen LogP contribution in [0.1, 0.15) is 11.4 Å². The largest absolute Gasteiger partial charge is 0.497 e. The van der Waals surface area contributed by atoms with Crippen LogP contribution in [0, 0.1) is 13.8 Å². The molecule has 0 aliphatic rings. The van der Waals surface area contributed by atoms with Gasteiger partial charge in [-0.25, -0.2) is 0 Å². The summed E-state index contributed by atoms with van der Waals surface area (Å²) in [5.74, 6) is 0.784. The first kappa shape index (κ1) is 14.2. The number of rotatable bonds is 5. The molecule has 0 amide bonds. The first-order valence-corrected chi connectivity index (χ1v) is 6.36. The standard InChI is InChI=1S/C14H18N4O2/c1-10-14(11(2)18(17-10)8-9-19)16-15-12-4-6-13(20-3)7-5-12/h4-7,19H,8-9H2,1-3H3. The van der Waals surface area contributed by atoms with E-state index < -0.39 is 0 Å². The van der Waals surface area contributed by atoms with Gasteiger partial charge in [0.05, 0.1) is 37.3 Å². The zero-order chi connectivity index (χ0) is 14.5. The predicted molar refractivity (Wildman–Crippen MR) is 76.0 cm³/mol. The minimum atomic E-state index is 0.0526. The summed E-state index contributed by atoms with van der Waals surface area (Å²) in [5.41, 5.74) is 3.19. The van der Waals surface area contributed by atoms with Crippen LogP contribution in [-0.4, -0.2) is 28.6 Å². The molecule has 0 unspecified atom stereocenters. The molecule has 1 aromatic carbocycles. The number of methoxy groups -OCH3 is 1. The van der Waals surface area contributed by atoms with Crippen molar-refractivity contribution in [1.82, 2.24) is 9.78 Å². The predicted octanol–water partition coefficient (Wildman–Crippen LogP) is 2.92. The molecule has 20 heavy (non-hydrogen) atoms. The Morgan fingerprint density at radius 3 is 2.50 bits per heavy atom. The van der Waals surface area contributed by atoms with Crippen LogP contribution in [0.5, 0.6) is 5.75 Å². The van der Waals surface area contributed by atoms with E-state index in [0.29, 0.717) is 6.54 Å². The number of aliphatic hydroxyl groups excluding tert-OH is 1. The molecule has 0 atom stereocenters. The van der Waals surface area contributed by atoms with Gasteiger partial charge in [-0.15, -0.1) is 5.11 Å². The number of aryl methyl sites for hydroxylation is 1. The Kier molecular flexibility index (Phi) is 4.47. The van der Waals surface area contributed by atoms with Crippen molar-refractivity contribution in [1.29, 1.82) is 0 Å². The number of nitrogens with zero attached hydrogens (tertiary/aromatic N) is 4. The van der Waals surface area contributed by atoms with Crippen molar-refractivity contribution >= 4 is 11.4 Å². The lowest BCUT2D eigenvalue weighted by Gasteiger charge is -2.00. The molecule has 0 radical (unpaired) electrons. The molecular weight excluding hydrogens is 256 g/mol. The summed E-state index contributed by atoms with van der Waals surface area (Å²) in [6.07, 6.45) is 0. The first-order chi connectivity index (χ1) is 9.65. The lowest BCUT2D eigenvalue weighted by atomic mass is 10.3. The van der Waals surface area contributed by atoms with E-state index in [-0.39, 0.29) is 6.61 Å². The monoisotopic (exact) mass is 274 g/mol. The lowest BCUT2D eigenvalue weighted by molar-refractivity contribution is 0.268. The Morgan fingerprint density at radius 1 is 1.20 bits per heavy atom. The summed E-state index contributed by atoms with van der Waals surface area (Å²) >= 11 is 0. The molecule has 1 heterocycles. The molecule has 1 N–H and O–H groups in total. The van der Waals surface area contributed by atoms with Crippen molar-refractivity contribution in [3.63, 3.8) is 0 Å². The highest BCUT2D eigenvalue weighted by Crippen LogP contribution is 2.26. The van der Waals surface area contributed by atoms with Gasteiger partial charge in [-0.3, -0.25) is 4.68 Å². The van der Waals surface area contributed by atoms with Gasteiger partial charge < -0.3 is 9.84 Å². The molecule has 0 saturated carbocycles. The number of hydrogen-bond donors (Lipinski definition) is 1. The number of aromatic nitrogens is 2. The fourth-order valence-corrected chi connectivity index (χ4v) is 1.90. The van der Waals surface area contributed by atoms with Gasteiger partial charge in [0.1, 0.15) is 11.4 Å². The number of hydrogen-bond acceptors (Lipinski definition) is 5. The molecule has 0 aliphatic heterocycles. The molecule has 2 rings (SSSR count). The van der Waals surface area contributed by atoms with Crippen LogP contribution >= 0.6 is 0 Å². The Morgan fingerprint density at radius 2 is 1.90 bits per heavy atom. The number of azo groups is 1. The Labute approximate surface area is 117 Å². The maximum absolute atomic E-state index is 8.97. The van der Waals surface area contributed by atoms with E-state index in [2.05, 4.69) is 15.3 Å². The molecule has 2 aromatic rings. The Hall–Kier alpha value is -2.21. The van der Waals surface area contributed by atoms with Crippen LogP contribution in [0.2, 0.25) is 0 Å². The third-order valence-corrected chi connectivity index (χ3v) is 2.99. The van der Waals surface area contributed by atoms with Crippen LogP contribution in [0.4, 0.5) is 11.4 Å². The second-order valence-electron chi connectivity index (χ2n) is 4.36. The van der Waals surface area contributed by atoms with Gasteiger partial charge in [0.15, 0.2) is 0 Å². The van der Waals surface area contributed by atoms with Gasteiger partial charge in [0.2, 0.25) is 0 Å². The second-order valence-corrected chi connectivity index (χ2v) is 4.36. The summed E-state index contributed by atoms with van der Waals surface area (Å²) in [4.78, 5) is 0. The van der Waals surface area contributed by atoms with Crippen molar-refractivity contribution in [3.05, 3.63) is 35.7 Å². The highest BCUT2D eigenvalue weighted by atomic mass is 16.5. The maximum atomic E-state index is 8.97. The first-order valence-electron chi connectivity index (χ1n) is 6.36. The third-order valence-electron chi connectivity index (χ3n) is 2.99. The molecule has 6 heteroatoms. The molecular formula is C14H18N4O2. The van der Waals surface area contributed by atoms with Gasteiger partial charge in [0.25, 0.3) is 0 Å². The number of ether oxygens (including phenoxy) is 1. The number of aliphatic hydroxyl groups is 1. The average Bonchev–Trinajstić information content (AvgIpc) is 2.72. The molecule has 6 nitrogen and oxygen atoms in total. The highest BCUT2D eigenvalue weighted by molar-refractivity contribution is 5.47. The van der Waals surface area contributed by atoms with Crippen molar-refractivity contribution in [2.75, 3.05) is 13.7 Å². The summed E-state index contributed by atoms with van der Waals surface area (Å²) in [6.45, 7) is 4.31. The summed E-state index contributed by atoms with van der Waals surface area (Å²) < 4.78 is 6.82. The maximum Gasteiger partial charge on any atom is 0.129 e.